The monoisotopic (exact) mass is 258 g/mol. The number of nitrogens with zero attached hydrogens (tertiary/aromatic N) is 2. The van der Waals surface area contributed by atoms with E-state index in [2.05, 4.69) is 4.98 Å². The summed E-state index contributed by atoms with van der Waals surface area (Å²) in [4.78, 5) is 17.5. The van der Waals surface area contributed by atoms with Crippen molar-refractivity contribution in [3.05, 3.63) is 16.6 Å². The average molecular weight is 259 g/mol. The molecule has 1 aliphatic heterocycles. The van der Waals surface area contributed by atoms with Crippen molar-refractivity contribution < 1.29 is 4.79 Å². The maximum atomic E-state index is 11.4. The first kappa shape index (κ1) is 11.9. The Kier molecular flexibility index (Phi) is 4.18. The number of aromatic nitrogens is 1. The van der Waals surface area contributed by atoms with E-state index >= 15 is 0 Å². The van der Waals surface area contributed by atoms with Crippen molar-refractivity contribution in [1.29, 1.82) is 0 Å². The Morgan fingerprint density at radius 2 is 2.31 bits per heavy atom. The van der Waals surface area contributed by atoms with Gasteiger partial charge in [0.05, 0.1) is 5.01 Å². The molecule has 0 spiro atoms. The smallest absolute Gasteiger partial charge is 0.237 e. The lowest BCUT2D eigenvalue weighted by Crippen LogP contribution is -2.39. The van der Waals surface area contributed by atoms with Crippen LogP contribution in [0.4, 0.5) is 0 Å². The van der Waals surface area contributed by atoms with E-state index in [4.69, 9.17) is 11.6 Å². The van der Waals surface area contributed by atoms with Crippen molar-refractivity contribution in [3.8, 4) is 0 Å². The summed E-state index contributed by atoms with van der Waals surface area (Å²) < 4.78 is 0. The van der Waals surface area contributed by atoms with Crippen LogP contribution in [0.2, 0.25) is 0 Å². The minimum absolute atomic E-state index is 0.0642. The summed E-state index contributed by atoms with van der Waals surface area (Å²) in [5, 5.41) is 3.23. The van der Waals surface area contributed by atoms with Gasteiger partial charge in [0.15, 0.2) is 0 Å². The van der Waals surface area contributed by atoms with Crippen molar-refractivity contribution in [1.82, 2.24) is 9.88 Å². The van der Waals surface area contributed by atoms with Gasteiger partial charge in [0, 0.05) is 31.1 Å². The second kappa shape index (κ2) is 5.64. The molecule has 2 rings (SSSR count). The lowest BCUT2D eigenvalue weighted by Gasteiger charge is -2.31. The average Bonchev–Trinajstić information content (AvgIpc) is 2.82. The highest BCUT2D eigenvalue weighted by Gasteiger charge is 2.22. The van der Waals surface area contributed by atoms with E-state index in [1.807, 2.05) is 16.5 Å². The van der Waals surface area contributed by atoms with Gasteiger partial charge in [0.2, 0.25) is 5.91 Å². The lowest BCUT2D eigenvalue weighted by atomic mass is 9.94. The predicted octanol–water partition coefficient (Wildman–Crippen LogP) is 2.16. The second-order valence-electron chi connectivity index (χ2n) is 4.09. The number of thiazole rings is 1. The SMILES string of the molecule is O=C(CCl)N1CCC(Cc2nccs2)CC1. The Labute approximate surface area is 104 Å². The van der Waals surface area contributed by atoms with Crippen LogP contribution >= 0.6 is 22.9 Å². The first-order valence-corrected chi connectivity index (χ1v) is 6.93. The molecule has 0 aliphatic carbocycles. The minimum Gasteiger partial charge on any atom is -0.342 e. The topological polar surface area (TPSA) is 33.2 Å². The number of rotatable bonds is 3. The number of carbonyl (C=O) groups excluding carboxylic acids is 1. The van der Waals surface area contributed by atoms with E-state index in [1.165, 1.54) is 5.01 Å². The van der Waals surface area contributed by atoms with E-state index in [0.29, 0.717) is 5.92 Å². The molecule has 0 bridgehead atoms. The largest absolute Gasteiger partial charge is 0.342 e. The van der Waals surface area contributed by atoms with Crippen LogP contribution in [-0.2, 0) is 11.2 Å². The number of amides is 1. The molecule has 1 aliphatic rings. The fraction of sp³-hybridized carbons (Fsp3) is 0.636. The molecule has 3 nitrogen and oxygen atoms in total. The van der Waals surface area contributed by atoms with E-state index in [1.54, 1.807) is 11.3 Å². The van der Waals surface area contributed by atoms with Crippen LogP contribution in [0, 0.1) is 5.92 Å². The molecule has 0 radical (unpaired) electrons. The van der Waals surface area contributed by atoms with Gasteiger partial charge in [-0.25, -0.2) is 4.98 Å². The standard InChI is InChI=1S/C11H15ClN2OS/c12-8-11(15)14-4-1-9(2-5-14)7-10-13-3-6-16-10/h3,6,9H,1-2,4-5,7-8H2. The molecule has 1 aromatic heterocycles. The molecular weight excluding hydrogens is 244 g/mol. The van der Waals surface area contributed by atoms with Gasteiger partial charge in [-0.2, -0.15) is 0 Å². The molecule has 1 fully saturated rings. The molecule has 88 valence electrons. The number of hydrogen-bond acceptors (Lipinski definition) is 3. The Hall–Kier alpha value is -0.610. The normalized spacial score (nSPS) is 17.7. The van der Waals surface area contributed by atoms with Gasteiger partial charge in [-0.1, -0.05) is 0 Å². The third-order valence-electron chi connectivity index (χ3n) is 3.03. The third kappa shape index (κ3) is 2.95. The quantitative estimate of drug-likeness (QED) is 0.779. The van der Waals surface area contributed by atoms with E-state index in [9.17, 15) is 4.79 Å². The summed E-state index contributed by atoms with van der Waals surface area (Å²) in [6, 6.07) is 0. The van der Waals surface area contributed by atoms with E-state index in [-0.39, 0.29) is 11.8 Å². The summed E-state index contributed by atoms with van der Waals surface area (Å²) >= 11 is 7.25. The number of hydrogen-bond donors (Lipinski definition) is 0. The summed E-state index contributed by atoms with van der Waals surface area (Å²) in [5.41, 5.74) is 0. The van der Waals surface area contributed by atoms with E-state index < -0.39 is 0 Å². The molecular formula is C11H15ClN2OS. The van der Waals surface area contributed by atoms with Gasteiger partial charge in [0.25, 0.3) is 0 Å². The van der Waals surface area contributed by atoms with E-state index in [0.717, 1.165) is 32.4 Å². The zero-order chi connectivity index (χ0) is 11.4. The fourth-order valence-electron chi connectivity index (χ4n) is 2.07. The second-order valence-corrected chi connectivity index (χ2v) is 5.33. The lowest BCUT2D eigenvalue weighted by molar-refractivity contribution is -0.129. The molecule has 2 heterocycles. The number of halogens is 1. The first-order valence-electron chi connectivity index (χ1n) is 5.51. The summed E-state index contributed by atoms with van der Waals surface area (Å²) in [6.07, 6.45) is 5.05. The molecule has 16 heavy (non-hydrogen) atoms. The van der Waals surface area contributed by atoms with Crippen molar-refractivity contribution in [2.24, 2.45) is 5.92 Å². The maximum Gasteiger partial charge on any atom is 0.237 e. The molecule has 0 atom stereocenters. The van der Waals surface area contributed by atoms with Crippen LogP contribution in [0.1, 0.15) is 17.8 Å². The predicted molar refractivity (Wildman–Crippen MR) is 65.8 cm³/mol. The molecule has 0 unspecified atom stereocenters. The van der Waals surface area contributed by atoms with Crippen LogP contribution in [0.5, 0.6) is 0 Å². The van der Waals surface area contributed by atoms with Crippen LogP contribution < -0.4 is 0 Å². The Morgan fingerprint density at radius 3 is 2.88 bits per heavy atom. The molecule has 5 heteroatoms. The maximum absolute atomic E-state index is 11.4. The van der Waals surface area contributed by atoms with Gasteiger partial charge in [-0.05, 0) is 18.8 Å². The van der Waals surface area contributed by atoms with Gasteiger partial charge in [0.1, 0.15) is 5.88 Å². The van der Waals surface area contributed by atoms with Crippen molar-refractivity contribution in [2.75, 3.05) is 19.0 Å². The van der Waals surface area contributed by atoms with Crippen LogP contribution in [0.3, 0.4) is 0 Å². The summed E-state index contributed by atoms with van der Waals surface area (Å²) in [5.74, 6) is 0.844. The van der Waals surface area contributed by atoms with Crippen LogP contribution in [0.15, 0.2) is 11.6 Å². The number of alkyl halides is 1. The van der Waals surface area contributed by atoms with Gasteiger partial charge in [-0.3, -0.25) is 4.79 Å². The molecule has 1 saturated heterocycles. The molecule has 0 aromatic carbocycles. The van der Waals surface area contributed by atoms with Crippen LogP contribution in [-0.4, -0.2) is 34.8 Å². The molecule has 1 amide bonds. The molecule has 0 saturated carbocycles. The molecule has 1 aromatic rings. The summed E-state index contributed by atoms with van der Waals surface area (Å²) in [6.45, 7) is 1.70. The van der Waals surface area contributed by atoms with Crippen molar-refractivity contribution in [3.63, 3.8) is 0 Å². The summed E-state index contributed by atoms with van der Waals surface area (Å²) in [7, 11) is 0. The van der Waals surface area contributed by atoms with Crippen molar-refractivity contribution in [2.45, 2.75) is 19.3 Å². The fourth-order valence-corrected chi connectivity index (χ4v) is 2.97. The number of carbonyl (C=O) groups is 1. The Bertz CT molecular complexity index is 334. The Morgan fingerprint density at radius 1 is 1.56 bits per heavy atom. The Balaban J connectivity index is 1.79. The zero-order valence-electron chi connectivity index (χ0n) is 9.06. The van der Waals surface area contributed by atoms with Crippen molar-refractivity contribution >= 4 is 28.8 Å². The van der Waals surface area contributed by atoms with Gasteiger partial charge < -0.3 is 4.90 Å². The third-order valence-corrected chi connectivity index (χ3v) is 4.06. The zero-order valence-corrected chi connectivity index (χ0v) is 10.6. The molecule has 0 N–H and O–H groups in total. The highest BCUT2D eigenvalue weighted by atomic mass is 35.5. The number of likely N-dealkylation sites (tertiary alicyclic amines) is 1. The van der Waals surface area contributed by atoms with Gasteiger partial charge >= 0.3 is 0 Å². The highest BCUT2D eigenvalue weighted by Crippen LogP contribution is 2.22. The highest BCUT2D eigenvalue weighted by molar-refractivity contribution is 7.09. The van der Waals surface area contributed by atoms with Gasteiger partial charge in [-0.15, -0.1) is 22.9 Å². The first-order chi connectivity index (χ1) is 7.79. The minimum atomic E-state index is 0.0642. The van der Waals surface area contributed by atoms with Crippen LogP contribution in [0.25, 0.3) is 0 Å². The number of piperidine rings is 1.